The number of carbonyl (C=O) groups is 2. The van der Waals surface area contributed by atoms with Crippen molar-refractivity contribution in [1.29, 1.82) is 0 Å². The summed E-state index contributed by atoms with van der Waals surface area (Å²) >= 11 is 0. The number of carbonyl (C=O) groups excluding carboxylic acids is 2. The molecule has 0 aliphatic rings. The third-order valence-electron chi connectivity index (χ3n) is 3.68. The molecule has 0 bridgehead atoms. The van der Waals surface area contributed by atoms with Gasteiger partial charge < -0.3 is 10.2 Å². The lowest BCUT2D eigenvalue weighted by Gasteiger charge is -2.09. The maximum absolute atomic E-state index is 12.4. The SMILES string of the molecule is O=C(c1ccccc1)c1cc(O)c(C(=O)c2ccccc2)cc1O. The van der Waals surface area contributed by atoms with E-state index in [0.717, 1.165) is 12.1 Å². The fourth-order valence-electron chi connectivity index (χ4n) is 2.43. The third-order valence-corrected chi connectivity index (χ3v) is 3.68. The Morgan fingerprint density at radius 1 is 0.583 bits per heavy atom. The second-order valence-electron chi connectivity index (χ2n) is 5.28. The summed E-state index contributed by atoms with van der Waals surface area (Å²) in [5.41, 5.74) is 0.662. The zero-order valence-electron chi connectivity index (χ0n) is 12.6. The Labute approximate surface area is 138 Å². The van der Waals surface area contributed by atoms with E-state index in [-0.39, 0.29) is 22.6 Å². The van der Waals surface area contributed by atoms with Gasteiger partial charge in [-0.25, -0.2) is 0 Å². The van der Waals surface area contributed by atoms with Crippen LogP contribution in [0, 0.1) is 0 Å². The van der Waals surface area contributed by atoms with E-state index in [2.05, 4.69) is 0 Å². The van der Waals surface area contributed by atoms with Gasteiger partial charge in [-0.2, -0.15) is 0 Å². The highest BCUT2D eigenvalue weighted by Gasteiger charge is 2.20. The quantitative estimate of drug-likeness (QED) is 0.570. The van der Waals surface area contributed by atoms with Crippen LogP contribution < -0.4 is 0 Å². The number of aromatic hydroxyl groups is 2. The van der Waals surface area contributed by atoms with E-state index in [4.69, 9.17) is 0 Å². The largest absolute Gasteiger partial charge is 0.507 e. The van der Waals surface area contributed by atoms with Crippen LogP contribution in [-0.2, 0) is 0 Å². The molecule has 0 unspecified atom stereocenters. The number of phenolic OH excluding ortho intramolecular Hbond substituents is 2. The molecule has 118 valence electrons. The summed E-state index contributed by atoms with van der Waals surface area (Å²) in [5, 5.41) is 20.3. The van der Waals surface area contributed by atoms with E-state index >= 15 is 0 Å². The second-order valence-corrected chi connectivity index (χ2v) is 5.28. The van der Waals surface area contributed by atoms with Crippen molar-refractivity contribution in [1.82, 2.24) is 0 Å². The Kier molecular flexibility index (Phi) is 4.12. The first kappa shape index (κ1) is 15.5. The molecule has 0 heterocycles. The van der Waals surface area contributed by atoms with Crippen molar-refractivity contribution < 1.29 is 19.8 Å². The van der Waals surface area contributed by atoms with Gasteiger partial charge in [0.05, 0.1) is 11.1 Å². The summed E-state index contributed by atoms with van der Waals surface area (Å²) in [6.07, 6.45) is 0. The Bertz CT molecular complexity index is 822. The summed E-state index contributed by atoms with van der Waals surface area (Å²) in [7, 11) is 0. The van der Waals surface area contributed by atoms with Crippen molar-refractivity contribution in [3.8, 4) is 11.5 Å². The van der Waals surface area contributed by atoms with E-state index in [9.17, 15) is 19.8 Å². The standard InChI is InChI=1S/C20H14O4/c21-17-12-16(20(24)14-9-5-2-6-10-14)18(22)11-15(17)19(23)13-7-3-1-4-8-13/h1-12,21-22H. The molecular weight excluding hydrogens is 304 g/mol. The van der Waals surface area contributed by atoms with Crippen molar-refractivity contribution in [3.05, 3.63) is 95.1 Å². The van der Waals surface area contributed by atoms with Gasteiger partial charge in [0, 0.05) is 11.1 Å². The Morgan fingerprint density at radius 2 is 0.917 bits per heavy atom. The second kappa shape index (κ2) is 6.38. The molecule has 0 saturated heterocycles. The molecule has 3 aromatic carbocycles. The van der Waals surface area contributed by atoms with E-state index in [0.29, 0.717) is 11.1 Å². The Morgan fingerprint density at radius 3 is 1.25 bits per heavy atom. The first-order chi connectivity index (χ1) is 11.6. The molecule has 0 aromatic heterocycles. The third kappa shape index (κ3) is 2.90. The minimum atomic E-state index is -0.429. The highest BCUT2D eigenvalue weighted by molar-refractivity contribution is 6.14. The van der Waals surface area contributed by atoms with E-state index in [1.807, 2.05) is 0 Å². The molecule has 4 heteroatoms. The Balaban J connectivity index is 2.01. The summed E-state index contributed by atoms with van der Waals surface area (Å²) in [4.78, 5) is 24.8. The zero-order valence-corrected chi connectivity index (χ0v) is 12.6. The van der Waals surface area contributed by atoms with Crippen LogP contribution in [-0.4, -0.2) is 21.8 Å². The summed E-state index contributed by atoms with van der Waals surface area (Å²) in [6.45, 7) is 0. The minimum absolute atomic E-state index is 0.0525. The lowest BCUT2D eigenvalue weighted by Crippen LogP contribution is -2.05. The first-order valence-corrected chi connectivity index (χ1v) is 7.33. The Hall–Kier alpha value is -3.40. The maximum atomic E-state index is 12.4. The summed E-state index contributed by atoms with van der Waals surface area (Å²) < 4.78 is 0. The average Bonchev–Trinajstić information content (AvgIpc) is 2.63. The molecular formula is C20H14O4. The fourth-order valence-corrected chi connectivity index (χ4v) is 2.43. The van der Waals surface area contributed by atoms with E-state index in [1.165, 1.54) is 0 Å². The lowest BCUT2D eigenvalue weighted by atomic mass is 9.96. The van der Waals surface area contributed by atoms with Crippen LogP contribution in [0.3, 0.4) is 0 Å². The fraction of sp³-hybridized carbons (Fsp3) is 0. The molecule has 0 radical (unpaired) electrons. The highest BCUT2D eigenvalue weighted by Crippen LogP contribution is 2.30. The molecule has 0 amide bonds. The molecule has 0 fully saturated rings. The number of hydrogen-bond donors (Lipinski definition) is 2. The smallest absolute Gasteiger partial charge is 0.196 e. The van der Waals surface area contributed by atoms with Crippen LogP contribution in [0.1, 0.15) is 31.8 Å². The van der Waals surface area contributed by atoms with Crippen molar-refractivity contribution in [2.24, 2.45) is 0 Å². The van der Waals surface area contributed by atoms with Gasteiger partial charge in [0.15, 0.2) is 11.6 Å². The van der Waals surface area contributed by atoms with Crippen molar-refractivity contribution in [2.45, 2.75) is 0 Å². The molecule has 2 N–H and O–H groups in total. The van der Waals surface area contributed by atoms with Gasteiger partial charge >= 0.3 is 0 Å². The topological polar surface area (TPSA) is 74.6 Å². The molecule has 24 heavy (non-hydrogen) atoms. The van der Waals surface area contributed by atoms with Gasteiger partial charge in [0.25, 0.3) is 0 Å². The van der Waals surface area contributed by atoms with Gasteiger partial charge in [-0.3, -0.25) is 9.59 Å². The molecule has 0 aliphatic carbocycles. The van der Waals surface area contributed by atoms with Gasteiger partial charge in [-0.1, -0.05) is 60.7 Å². The number of phenols is 2. The van der Waals surface area contributed by atoms with E-state index in [1.54, 1.807) is 60.7 Å². The van der Waals surface area contributed by atoms with Crippen molar-refractivity contribution in [3.63, 3.8) is 0 Å². The molecule has 0 aliphatic heterocycles. The van der Waals surface area contributed by atoms with Crippen LogP contribution in [0.5, 0.6) is 11.5 Å². The molecule has 0 spiro atoms. The van der Waals surface area contributed by atoms with Gasteiger partial charge in [0.1, 0.15) is 11.5 Å². The highest BCUT2D eigenvalue weighted by atomic mass is 16.3. The van der Waals surface area contributed by atoms with Crippen LogP contribution in [0.4, 0.5) is 0 Å². The summed E-state index contributed by atoms with van der Waals surface area (Å²) in [5.74, 6) is -1.55. The minimum Gasteiger partial charge on any atom is -0.507 e. The van der Waals surface area contributed by atoms with Crippen molar-refractivity contribution >= 4 is 11.6 Å². The van der Waals surface area contributed by atoms with Gasteiger partial charge in [0.2, 0.25) is 0 Å². The molecule has 0 atom stereocenters. The molecule has 3 rings (SSSR count). The number of ketones is 2. The van der Waals surface area contributed by atoms with Gasteiger partial charge in [-0.05, 0) is 12.1 Å². The van der Waals surface area contributed by atoms with Crippen LogP contribution in [0.25, 0.3) is 0 Å². The average molecular weight is 318 g/mol. The van der Waals surface area contributed by atoms with E-state index < -0.39 is 11.6 Å². The van der Waals surface area contributed by atoms with Crippen LogP contribution in [0.2, 0.25) is 0 Å². The van der Waals surface area contributed by atoms with Crippen LogP contribution >= 0.6 is 0 Å². The first-order valence-electron chi connectivity index (χ1n) is 7.33. The van der Waals surface area contributed by atoms with Gasteiger partial charge in [-0.15, -0.1) is 0 Å². The monoisotopic (exact) mass is 318 g/mol. The predicted octanol–water partition coefficient (Wildman–Crippen LogP) is 3.56. The predicted molar refractivity (Wildman–Crippen MR) is 89.5 cm³/mol. The molecule has 3 aromatic rings. The number of hydrogen-bond acceptors (Lipinski definition) is 4. The van der Waals surface area contributed by atoms with Crippen LogP contribution in [0.15, 0.2) is 72.8 Å². The summed E-state index contributed by atoms with van der Waals surface area (Å²) in [6, 6.07) is 19.1. The zero-order chi connectivity index (χ0) is 17.1. The number of benzene rings is 3. The number of rotatable bonds is 4. The molecule has 4 nitrogen and oxygen atoms in total. The lowest BCUT2D eigenvalue weighted by molar-refractivity contribution is 0.102. The molecule has 0 saturated carbocycles. The normalized spacial score (nSPS) is 10.3. The maximum Gasteiger partial charge on any atom is 0.196 e. The van der Waals surface area contributed by atoms with Crippen molar-refractivity contribution in [2.75, 3.05) is 0 Å².